The van der Waals surface area contributed by atoms with Crippen LogP contribution in [0.4, 0.5) is 35.0 Å². The molecule has 0 spiro atoms. The van der Waals surface area contributed by atoms with Gasteiger partial charge in [-0.25, -0.2) is 14.4 Å². The van der Waals surface area contributed by atoms with Crippen LogP contribution in [0.5, 0.6) is 11.8 Å². The summed E-state index contributed by atoms with van der Waals surface area (Å²) in [5, 5.41) is 9.10. The minimum Gasteiger partial charge on any atom is -0.489 e. The molecular formula is C29H25ClF4N8O2. The average molecular weight is 629 g/mol. The SMILES string of the molecule is Cc1cc(N)nc(-c2c(Cl)c3c4c(nc(OCC5(C#N)CC5)nc4c2F)N([C@H](C)c2cccnc2N)CCO3)c1C(F)(F)F. The van der Waals surface area contributed by atoms with Gasteiger partial charge in [-0.05, 0) is 44.4 Å². The van der Waals surface area contributed by atoms with E-state index in [9.17, 15) is 18.4 Å². The summed E-state index contributed by atoms with van der Waals surface area (Å²) in [5.41, 5.74) is 8.55. The van der Waals surface area contributed by atoms with Crippen molar-refractivity contribution < 1.29 is 27.0 Å². The number of halogens is 5. The molecule has 0 amide bonds. The standard InChI is InChI=1S/C29H25ClF4N8O2/c1-13-10-16(36)39-22(19(13)29(32,33)34)17-20(30)24-18-23(21(17)31)40-27(44-12-28(11-35)5-6-28)41-26(18)42(8-9-43-24)14(2)15-4-3-7-38-25(15)37/h3-4,7,10,14H,5-6,8-9,12H2,1-2H3,(H2,36,39)(H2,37,38)/t14-/m1/s1. The molecule has 3 aromatic heterocycles. The first-order valence-electron chi connectivity index (χ1n) is 13.6. The smallest absolute Gasteiger partial charge is 0.418 e. The number of nitriles is 1. The highest BCUT2D eigenvalue weighted by Crippen LogP contribution is 2.51. The lowest BCUT2D eigenvalue weighted by atomic mass is 9.98. The first-order chi connectivity index (χ1) is 20.8. The Morgan fingerprint density at radius 1 is 1.25 bits per heavy atom. The lowest BCUT2D eigenvalue weighted by Crippen LogP contribution is -2.31. The number of nitrogen functional groups attached to an aromatic ring is 2. The Morgan fingerprint density at radius 2 is 2.00 bits per heavy atom. The number of benzene rings is 1. The van der Waals surface area contributed by atoms with Crippen molar-refractivity contribution in [1.29, 1.82) is 5.26 Å². The lowest BCUT2D eigenvalue weighted by Gasteiger charge is -2.30. The first-order valence-corrected chi connectivity index (χ1v) is 13.9. The Balaban J connectivity index is 1.64. The Kier molecular flexibility index (Phi) is 7.03. The van der Waals surface area contributed by atoms with E-state index < -0.39 is 50.8 Å². The fourth-order valence-corrected chi connectivity index (χ4v) is 5.73. The molecular weight excluding hydrogens is 604 g/mol. The molecule has 1 aromatic carbocycles. The van der Waals surface area contributed by atoms with Gasteiger partial charge < -0.3 is 25.8 Å². The molecule has 4 N–H and O–H groups in total. The normalized spacial score (nSPS) is 16.2. The molecule has 1 aliphatic heterocycles. The maximum absolute atomic E-state index is 16.7. The van der Waals surface area contributed by atoms with Crippen LogP contribution in [0, 0.1) is 29.5 Å². The number of ether oxygens (including phenoxy) is 2. The highest BCUT2D eigenvalue weighted by molar-refractivity contribution is 6.36. The van der Waals surface area contributed by atoms with Crippen molar-refractivity contribution in [2.24, 2.45) is 5.41 Å². The van der Waals surface area contributed by atoms with Crippen LogP contribution in [-0.4, -0.2) is 39.7 Å². The molecule has 10 nitrogen and oxygen atoms in total. The van der Waals surface area contributed by atoms with Crippen LogP contribution < -0.4 is 25.8 Å². The molecule has 0 unspecified atom stereocenters. The number of alkyl halides is 3. The topological polar surface area (TPSA) is 149 Å². The minimum atomic E-state index is -4.92. The van der Waals surface area contributed by atoms with Gasteiger partial charge in [-0.15, -0.1) is 0 Å². The number of hydrogen-bond donors (Lipinski definition) is 2. The number of nitrogens with two attached hydrogens (primary N) is 2. The van der Waals surface area contributed by atoms with Gasteiger partial charge in [-0.1, -0.05) is 17.7 Å². The molecule has 1 atom stereocenters. The Hall–Kier alpha value is -4.64. The molecule has 0 bridgehead atoms. The largest absolute Gasteiger partial charge is 0.489 e. The van der Waals surface area contributed by atoms with Crippen LogP contribution in [0.25, 0.3) is 22.2 Å². The van der Waals surface area contributed by atoms with Gasteiger partial charge in [0.1, 0.15) is 36.2 Å². The predicted molar refractivity (Wildman–Crippen MR) is 155 cm³/mol. The van der Waals surface area contributed by atoms with Gasteiger partial charge in [-0.2, -0.15) is 28.4 Å². The van der Waals surface area contributed by atoms with Crippen LogP contribution >= 0.6 is 11.6 Å². The van der Waals surface area contributed by atoms with Crippen molar-refractivity contribution in [2.45, 2.75) is 38.9 Å². The molecule has 44 heavy (non-hydrogen) atoms. The second-order valence-electron chi connectivity index (χ2n) is 10.8. The van der Waals surface area contributed by atoms with E-state index in [0.29, 0.717) is 18.4 Å². The summed E-state index contributed by atoms with van der Waals surface area (Å²) in [6.07, 6.45) is -2.15. The van der Waals surface area contributed by atoms with E-state index in [2.05, 4.69) is 26.0 Å². The van der Waals surface area contributed by atoms with Crippen LogP contribution in [0.1, 0.15) is 42.5 Å². The van der Waals surface area contributed by atoms with Crippen LogP contribution in [0.15, 0.2) is 24.4 Å². The molecule has 6 rings (SSSR count). The van der Waals surface area contributed by atoms with Gasteiger partial charge in [0.2, 0.25) is 0 Å². The summed E-state index contributed by atoms with van der Waals surface area (Å²) in [7, 11) is 0. The third-order valence-corrected chi connectivity index (χ3v) is 8.27. The zero-order valence-electron chi connectivity index (χ0n) is 23.5. The van der Waals surface area contributed by atoms with Crippen molar-refractivity contribution in [3.05, 3.63) is 51.9 Å². The van der Waals surface area contributed by atoms with E-state index in [1.165, 1.54) is 6.92 Å². The van der Waals surface area contributed by atoms with Gasteiger partial charge in [0.25, 0.3) is 0 Å². The van der Waals surface area contributed by atoms with Gasteiger partial charge in [0, 0.05) is 11.8 Å². The molecule has 228 valence electrons. The number of rotatable bonds is 6. The Morgan fingerprint density at radius 3 is 2.66 bits per heavy atom. The molecule has 1 fully saturated rings. The van der Waals surface area contributed by atoms with E-state index in [1.54, 1.807) is 23.2 Å². The van der Waals surface area contributed by atoms with Crippen molar-refractivity contribution in [2.75, 3.05) is 36.1 Å². The first kappa shape index (κ1) is 29.4. The van der Waals surface area contributed by atoms with E-state index in [-0.39, 0.29) is 59.9 Å². The summed E-state index contributed by atoms with van der Waals surface area (Å²) in [6.45, 7) is 3.15. The molecule has 0 saturated heterocycles. The Bertz CT molecular complexity index is 1860. The maximum Gasteiger partial charge on any atom is 0.418 e. The maximum atomic E-state index is 16.7. The third kappa shape index (κ3) is 4.90. The second-order valence-corrected chi connectivity index (χ2v) is 11.2. The molecule has 4 aromatic rings. The molecule has 4 heterocycles. The molecule has 2 aliphatic rings. The van der Waals surface area contributed by atoms with Crippen molar-refractivity contribution in [3.63, 3.8) is 0 Å². The predicted octanol–water partition coefficient (Wildman–Crippen LogP) is 6.01. The number of aryl methyl sites for hydroxylation is 1. The fourth-order valence-electron chi connectivity index (χ4n) is 5.41. The molecule has 1 aliphatic carbocycles. The number of pyridine rings is 2. The second kappa shape index (κ2) is 10.5. The van der Waals surface area contributed by atoms with Crippen LogP contribution in [-0.2, 0) is 6.18 Å². The van der Waals surface area contributed by atoms with E-state index >= 15 is 4.39 Å². The van der Waals surface area contributed by atoms with Gasteiger partial charge in [0.05, 0.1) is 51.3 Å². The third-order valence-electron chi connectivity index (χ3n) is 7.91. The summed E-state index contributed by atoms with van der Waals surface area (Å²) in [5.74, 6) is -1.18. The van der Waals surface area contributed by atoms with Crippen LogP contribution in [0.2, 0.25) is 5.02 Å². The van der Waals surface area contributed by atoms with E-state index in [0.717, 1.165) is 6.07 Å². The van der Waals surface area contributed by atoms with E-state index in [4.69, 9.17) is 32.5 Å². The summed E-state index contributed by atoms with van der Waals surface area (Å²) >= 11 is 6.71. The molecule has 0 radical (unpaired) electrons. The number of hydrogen-bond acceptors (Lipinski definition) is 10. The van der Waals surface area contributed by atoms with Gasteiger partial charge >= 0.3 is 12.2 Å². The van der Waals surface area contributed by atoms with Crippen molar-refractivity contribution in [1.82, 2.24) is 19.9 Å². The highest BCUT2D eigenvalue weighted by atomic mass is 35.5. The summed E-state index contributed by atoms with van der Waals surface area (Å²) < 4.78 is 71.4. The molecule has 1 saturated carbocycles. The highest BCUT2D eigenvalue weighted by Gasteiger charge is 2.45. The summed E-state index contributed by atoms with van der Waals surface area (Å²) in [4.78, 5) is 18.7. The van der Waals surface area contributed by atoms with Gasteiger partial charge in [0.15, 0.2) is 11.6 Å². The van der Waals surface area contributed by atoms with E-state index in [1.807, 2.05) is 6.92 Å². The zero-order valence-corrected chi connectivity index (χ0v) is 24.2. The minimum absolute atomic E-state index is 0.00991. The number of aromatic nitrogens is 4. The fraction of sp³-hybridized carbons (Fsp3) is 0.345. The molecule has 15 heteroatoms. The van der Waals surface area contributed by atoms with Crippen LogP contribution in [0.3, 0.4) is 0 Å². The average Bonchev–Trinajstić information content (AvgIpc) is 3.77. The zero-order chi connectivity index (χ0) is 31.6. The quantitative estimate of drug-likeness (QED) is 0.243. The Labute approximate surface area is 253 Å². The van der Waals surface area contributed by atoms with Crippen molar-refractivity contribution in [3.8, 4) is 29.1 Å². The monoisotopic (exact) mass is 628 g/mol. The lowest BCUT2D eigenvalue weighted by molar-refractivity contribution is -0.137. The van der Waals surface area contributed by atoms with Crippen molar-refractivity contribution >= 4 is 40.0 Å². The number of nitrogens with zero attached hydrogens (tertiary/aromatic N) is 6. The summed E-state index contributed by atoms with van der Waals surface area (Å²) in [6, 6.07) is 5.99. The van der Waals surface area contributed by atoms with Gasteiger partial charge in [-0.3, -0.25) is 0 Å². The number of anilines is 3.